The molecule has 1 saturated heterocycles. The largest absolute Gasteiger partial charge is 0.334 e. The van der Waals surface area contributed by atoms with Gasteiger partial charge in [0.25, 0.3) is 5.89 Å². The summed E-state index contributed by atoms with van der Waals surface area (Å²) in [5.41, 5.74) is 1.81. The van der Waals surface area contributed by atoms with Crippen LogP contribution in [0.4, 0.5) is 0 Å². The highest BCUT2D eigenvalue weighted by atomic mass is 35.5. The molecule has 0 aliphatic carbocycles. The first kappa shape index (κ1) is 12.6. The van der Waals surface area contributed by atoms with Crippen molar-refractivity contribution in [1.29, 1.82) is 0 Å². The van der Waals surface area contributed by atoms with Crippen molar-refractivity contribution >= 4 is 11.6 Å². The van der Waals surface area contributed by atoms with Gasteiger partial charge in [-0.25, -0.2) is 0 Å². The lowest BCUT2D eigenvalue weighted by Gasteiger charge is -2.19. The zero-order valence-electron chi connectivity index (χ0n) is 10.8. The quantitative estimate of drug-likeness (QED) is 0.913. The molecule has 2 aromatic rings. The molecule has 1 aliphatic heterocycles. The average Bonchev–Trinajstić information content (AvgIpc) is 2.92. The number of hydrogen-bond donors (Lipinski definition) is 1. The fourth-order valence-corrected chi connectivity index (χ4v) is 2.58. The molecule has 1 aromatic carbocycles. The summed E-state index contributed by atoms with van der Waals surface area (Å²) in [6, 6.07) is 6.02. The molecule has 1 fully saturated rings. The molecule has 0 radical (unpaired) electrons. The van der Waals surface area contributed by atoms with Crippen molar-refractivity contribution in [2.24, 2.45) is 0 Å². The van der Waals surface area contributed by atoms with E-state index in [9.17, 15) is 0 Å². The molecule has 1 atom stereocenters. The lowest BCUT2D eigenvalue weighted by Crippen LogP contribution is -2.27. The van der Waals surface area contributed by atoms with Gasteiger partial charge in [-0.1, -0.05) is 35.3 Å². The van der Waals surface area contributed by atoms with E-state index in [1.165, 1.54) is 12.8 Å². The van der Waals surface area contributed by atoms with Crippen molar-refractivity contribution in [2.75, 3.05) is 6.54 Å². The van der Waals surface area contributed by atoms with Crippen LogP contribution in [0.2, 0.25) is 5.02 Å². The van der Waals surface area contributed by atoms with Crippen LogP contribution in [0, 0.1) is 6.92 Å². The Balaban J connectivity index is 1.90. The highest BCUT2D eigenvalue weighted by Gasteiger charge is 2.21. The molecule has 0 saturated carbocycles. The maximum Gasteiger partial charge on any atom is 0.259 e. The van der Waals surface area contributed by atoms with E-state index in [0.717, 1.165) is 29.9 Å². The minimum atomic E-state index is 0.204. The van der Waals surface area contributed by atoms with Gasteiger partial charge in [-0.15, -0.1) is 0 Å². The van der Waals surface area contributed by atoms with E-state index in [2.05, 4.69) is 15.5 Å². The van der Waals surface area contributed by atoms with Crippen LogP contribution in [-0.2, 0) is 0 Å². The van der Waals surface area contributed by atoms with Gasteiger partial charge in [0.15, 0.2) is 5.82 Å². The molecular weight excluding hydrogens is 262 g/mol. The molecule has 2 heterocycles. The molecule has 3 rings (SSSR count). The highest BCUT2D eigenvalue weighted by Crippen LogP contribution is 2.30. The fraction of sp³-hybridized carbons (Fsp3) is 0.429. The van der Waals surface area contributed by atoms with Gasteiger partial charge < -0.3 is 9.84 Å². The van der Waals surface area contributed by atoms with Crippen molar-refractivity contribution < 1.29 is 4.52 Å². The minimum absolute atomic E-state index is 0.204. The number of nitrogens with zero attached hydrogens (tertiary/aromatic N) is 2. The number of nitrogens with one attached hydrogen (secondary N) is 1. The minimum Gasteiger partial charge on any atom is -0.334 e. The summed E-state index contributed by atoms with van der Waals surface area (Å²) < 4.78 is 5.35. The molecule has 1 N–H and O–H groups in total. The van der Waals surface area contributed by atoms with Crippen LogP contribution in [0.3, 0.4) is 0 Å². The van der Waals surface area contributed by atoms with Gasteiger partial charge in [-0.05, 0) is 37.9 Å². The number of piperidine rings is 1. The maximum absolute atomic E-state index is 6.28. The van der Waals surface area contributed by atoms with Crippen LogP contribution in [0.25, 0.3) is 11.5 Å². The number of rotatable bonds is 2. The number of aryl methyl sites for hydroxylation is 1. The molecular formula is C14H16ClN3O. The summed E-state index contributed by atoms with van der Waals surface area (Å²) >= 11 is 6.28. The van der Waals surface area contributed by atoms with Gasteiger partial charge in [-0.3, -0.25) is 0 Å². The Morgan fingerprint density at radius 1 is 1.37 bits per heavy atom. The van der Waals surface area contributed by atoms with Gasteiger partial charge in [0.1, 0.15) is 0 Å². The van der Waals surface area contributed by atoms with Crippen LogP contribution in [0.5, 0.6) is 0 Å². The Kier molecular flexibility index (Phi) is 3.53. The first-order valence-electron chi connectivity index (χ1n) is 6.58. The number of hydrogen-bond acceptors (Lipinski definition) is 4. The van der Waals surface area contributed by atoms with Gasteiger partial charge in [0.05, 0.1) is 16.6 Å². The third kappa shape index (κ3) is 2.51. The fourth-order valence-electron chi connectivity index (χ4n) is 2.37. The van der Waals surface area contributed by atoms with Crippen LogP contribution < -0.4 is 5.32 Å². The molecule has 0 bridgehead atoms. The average molecular weight is 278 g/mol. The van der Waals surface area contributed by atoms with Gasteiger partial charge in [0.2, 0.25) is 0 Å². The molecule has 100 valence electrons. The number of aromatic nitrogens is 2. The van der Waals surface area contributed by atoms with Crippen molar-refractivity contribution in [3.63, 3.8) is 0 Å². The highest BCUT2D eigenvalue weighted by molar-refractivity contribution is 6.33. The molecule has 0 spiro atoms. The van der Waals surface area contributed by atoms with E-state index in [1.54, 1.807) is 0 Å². The smallest absolute Gasteiger partial charge is 0.259 e. The summed E-state index contributed by atoms with van der Waals surface area (Å²) in [5.74, 6) is 1.23. The van der Waals surface area contributed by atoms with E-state index in [1.807, 2.05) is 25.1 Å². The standard InChI is InChI=1S/C14H16ClN3O/c1-9-5-4-6-10(12(9)15)14-17-13(18-19-14)11-7-2-3-8-16-11/h4-6,11,16H,2-3,7-8H2,1H3. The molecule has 1 aromatic heterocycles. The Morgan fingerprint density at radius 3 is 3.05 bits per heavy atom. The monoisotopic (exact) mass is 277 g/mol. The molecule has 4 nitrogen and oxygen atoms in total. The van der Waals surface area contributed by atoms with Crippen LogP contribution >= 0.6 is 11.6 Å². The maximum atomic E-state index is 6.28. The molecule has 19 heavy (non-hydrogen) atoms. The van der Waals surface area contributed by atoms with Crippen LogP contribution in [0.1, 0.15) is 36.7 Å². The van der Waals surface area contributed by atoms with Gasteiger partial charge in [-0.2, -0.15) is 4.98 Å². The zero-order valence-corrected chi connectivity index (χ0v) is 11.6. The van der Waals surface area contributed by atoms with Crippen molar-refractivity contribution in [3.05, 3.63) is 34.6 Å². The Bertz CT molecular complexity index is 576. The second-order valence-electron chi connectivity index (χ2n) is 4.90. The van der Waals surface area contributed by atoms with Gasteiger partial charge in [0, 0.05) is 0 Å². The Morgan fingerprint density at radius 2 is 2.26 bits per heavy atom. The van der Waals surface area contributed by atoms with Crippen molar-refractivity contribution in [2.45, 2.75) is 32.2 Å². The van der Waals surface area contributed by atoms with Gasteiger partial charge >= 0.3 is 0 Å². The Labute approximate surface area is 117 Å². The van der Waals surface area contributed by atoms with E-state index in [4.69, 9.17) is 16.1 Å². The second-order valence-corrected chi connectivity index (χ2v) is 5.27. The van der Waals surface area contributed by atoms with Crippen molar-refractivity contribution in [1.82, 2.24) is 15.5 Å². The SMILES string of the molecule is Cc1cccc(-c2nc(C3CCCCN3)no2)c1Cl. The Hall–Kier alpha value is -1.39. The summed E-state index contributed by atoms with van der Waals surface area (Å²) in [4.78, 5) is 4.48. The topological polar surface area (TPSA) is 51.0 Å². The summed E-state index contributed by atoms with van der Waals surface area (Å²) in [7, 11) is 0. The molecule has 1 aliphatic rings. The molecule has 1 unspecified atom stereocenters. The first-order valence-corrected chi connectivity index (χ1v) is 6.96. The van der Waals surface area contributed by atoms with E-state index in [0.29, 0.717) is 10.9 Å². The number of benzene rings is 1. The summed E-state index contributed by atoms with van der Waals surface area (Å²) in [5, 5.41) is 8.16. The van der Waals surface area contributed by atoms with E-state index >= 15 is 0 Å². The lowest BCUT2D eigenvalue weighted by atomic mass is 10.0. The first-order chi connectivity index (χ1) is 9.25. The summed E-state index contributed by atoms with van der Waals surface area (Å²) in [6.07, 6.45) is 3.47. The zero-order chi connectivity index (χ0) is 13.2. The predicted octanol–water partition coefficient (Wildman–Crippen LogP) is 3.51. The molecule has 5 heteroatoms. The van der Waals surface area contributed by atoms with E-state index < -0.39 is 0 Å². The number of halogens is 1. The van der Waals surface area contributed by atoms with E-state index in [-0.39, 0.29) is 6.04 Å². The third-order valence-corrected chi connectivity index (χ3v) is 3.99. The summed E-state index contributed by atoms with van der Waals surface area (Å²) in [6.45, 7) is 2.98. The second kappa shape index (κ2) is 5.31. The predicted molar refractivity (Wildman–Crippen MR) is 74.1 cm³/mol. The third-order valence-electron chi connectivity index (χ3n) is 3.49. The van der Waals surface area contributed by atoms with Crippen molar-refractivity contribution in [3.8, 4) is 11.5 Å². The normalized spacial score (nSPS) is 19.6. The van der Waals surface area contributed by atoms with Crippen LogP contribution in [-0.4, -0.2) is 16.7 Å². The molecule has 0 amide bonds. The van der Waals surface area contributed by atoms with Crippen LogP contribution in [0.15, 0.2) is 22.7 Å². The lowest BCUT2D eigenvalue weighted by molar-refractivity contribution is 0.367.